The van der Waals surface area contributed by atoms with E-state index in [9.17, 15) is 9.36 Å². The van der Waals surface area contributed by atoms with E-state index in [4.69, 9.17) is 4.74 Å². The monoisotopic (exact) mass is 499 g/mol. The van der Waals surface area contributed by atoms with Crippen molar-refractivity contribution in [2.75, 3.05) is 18.1 Å². The number of nitrogens with zero attached hydrogens (tertiary/aromatic N) is 4. The lowest BCUT2D eigenvalue weighted by Gasteiger charge is -2.30. The van der Waals surface area contributed by atoms with E-state index >= 15 is 0 Å². The zero-order chi connectivity index (χ0) is 25.1. The third kappa shape index (κ3) is 4.36. The predicted octanol–water partition coefficient (Wildman–Crippen LogP) is 3.83. The first kappa shape index (κ1) is 23.7. The highest BCUT2D eigenvalue weighted by atomic mass is 31.2. The van der Waals surface area contributed by atoms with Gasteiger partial charge in [0.2, 0.25) is 5.95 Å². The molecule has 5 rings (SSSR count). The first-order valence-electron chi connectivity index (χ1n) is 11.7. The van der Waals surface area contributed by atoms with Gasteiger partial charge in [0.25, 0.3) is 0 Å². The molecule has 4 aromatic rings. The molecule has 3 aromatic carbocycles. The number of benzene rings is 3. The molecule has 0 radical (unpaired) electrons. The third-order valence-electron chi connectivity index (χ3n) is 6.21. The van der Waals surface area contributed by atoms with Crippen molar-refractivity contribution in [1.29, 1.82) is 0 Å². The van der Waals surface area contributed by atoms with Crippen molar-refractivity contribution < 1.29 is 14.1 Å². The number of aryl methyl sites for hydroxylation is 1. The van der Waals surface area contributed by atoms with Crippen molar-refractivity contribution in [3.8, 4) is 0 Å². The molecule has 1 aliphatic heterocycles. The second kappa shape index (κ2) is 9.91. The first-order valence-corrected chi connectivity index (χ1v) is 13.6. The van der Waals surface area contributed by atoms with E-state index < -0.39 is 19.2 Å². The van der Waals surface area contributed by atoms with Gasteiger partial charge < -0.3 is 14.6 Å². The van der Waals surface area contributed by atoms with Gasteiger partial charge in [-0.2, -0.15) is 4.68 Å². The lowest BCUT2D eigenvalue weighted by atomic mass is 9.95. The number of carbonyl (C=O) groups excluding carboxylic acids is 1. The van der Waals surface area contributed by atoms with Crippen LogP contribution in [-0.2, 0) is 14.1 Å². The van der Waals surface area contributed by atoms with Gasteiger partial charge in [-0.15, -0.1) is 0 Å². The van der Waals surface area contributed by atoms with Crippen LogP contribution in [0.4, 0.5) is 5.95 Å². The van der Waals surface area contributed by atoms with Crippen LogP contribution in [-0.4, -0.2) is 38.9 Å². The van der Waals surface area contributed by atoms with E-state index in [0.717, 1.165) is 11.1 Å². The summed E-state index contributed by atoms with van der Waals surface area (Å²) in [5, 5.41) is 16.7. The van der Waals surface area contributed by atoms with Crippen LogP contribution in [0.25, 0.3) is 0 Å². The fraction of sp³-hybridized carbons (Fsp3) is 0.185. The highest BCUT2D eigenvalue weighted by molar-refractivity contribution is 7.78. The molecule has 1 N–H and O–H groups in total. The number of esters is 1. The highest BCUT2D eigenvalue weighted by Crippen LogP contribution is 2.47. The summed E-state index contributed by atoms with van der Waals surface area (Å²) >= 11 is 0. The van der Waals surface area contributed by atoms with E-state index in [-0.39, 0.29) is 12.8 Å². The average molecular weight is 500 g/mol. The molecule has 1 atom stereocenters. The Bertz CT molecular complexity index is 1410. The molecule has 8 nitrogen and oxygen atoms in total. The number of ether oxygens (including phenoxy) is 1. The van der Waals surface area contributed by atoms with Crippen LogP contribution in [0.2, 0.25) is 0 Å². The molecule has 0 fully saturated rings. The molecule has 1 unspecified atom stereocenters. The number of anilines is 1. The molecule has 0 saturated carbocycles. The molecule has 36 heavy (non-hydrogen) atoms. The molecule has 9 heteroatoms. The van der Waals surface area contributed by atoms with Gasteiger partial charge in [-0.05, 0) is 29.8 Å². The lowest BCUT2D eigenvalue weighted by Crippen LogP contribution is -2.33. The molecular formula is C27H26N5O3P. The summed E-state index contributed by atoms with van der Waals surface area (Å²) in [5.74, 6) is -0.129. The number of rotatable bonds is 7. The molecule has 0 spiro atoms. The molecule has 1 aromatic heterocycles. The third-order valence-corrected chi connectivity index (χ3v) is 9.24. The Morgan fingerprint density at radius 1 is 0.972 bits per heavy atom. The Balaban J connectivity index is 1.72. The summed E-state index contributed by atoms with van der Waals surface area (Å²) in [6.07, 6.45) is 0.0738. The molecule has 0 saturated heterocycles. The normalized spacial score (nSPS) is 15.2. The largest absolute Gasteiger partial charge is 0.463 e. The Morgan fingerprint density at radius 3 is 2.17 bits per heavy atom. The number of nitrogens with one attached hydrogen (secondary N) is 1. The van der Waals surface area contributed by atoms with Crippen molar-refractivity contribution in [3.63, 3.8) is 0 Å². The van der Waals surface area contributed by atoms with E-state index in [1.165, 1.54) is 0 Å². The fourth-order valence-electron chi connectivity index (χ4n) is 4.46. The SMILES string of the molecule is CCOC(=O)C1=C(CP(=O)(c2ccccc2)c2ccccc2)Nc2nnnn2C1c1ccc(C)cc1. The van der Waals surface area contributed by atoms with Gasteiger partial charge in [-0.25, -0.2) is 4.79 Å². The van der Waals surface area contributed by atoms with Gasteiger partial charge in [0.05, 0.1) is 12.2 Å². The summed E-state index contributed by atoms with van der Waals surface area (Å²) < 4.78 is 21.9. The maximum atomic E-state index is 14.9. The van der Waals surface area contributed by atoms with Crippen molar-refractivity contribution in [2.45, 2.75) is 19.9 Å². The summed E-state index contributed by atoms with van der Waals surface area (Å²) in [5.41, 5.74) is 2.74. The Kier molecular flexibility index (Phi) is 6.53. The van der Waals surface area contributed by atoms with Crippen LogP contribution in [0.3, 0.4) is 0 Å². The number of hydrogen-bond acceptors (Lipinski definition) is 7. The number of fused-ring (bicyclic) bond motifs is 1. The maximum absolute atomic E-state index is 14.9. The molecule has 2 heterocycles. The van der Waals surface area contributed by atoms with Crippen molar-refractivity contribution in [3.05, 3.63) is 107 Å². The Morgan fingerprint density at radius 2 is 1.58 bits per heavy atom. The van der Waals surface area contributed by atoms with Gasteiger partial charge >= 0.3 is 5.97 Å². The van der Waals surface area contributed by atoms with E-state index in [1.54, 1.807) is 11.6 Å². The lowest BCUT2D eigenvalue weighted by molar-refractivity contribution is -0.139. The van der Waals surface area contributed by atoms with Crippen LogP contribution in [0.15, 0.2) is 96.2 Å². The van der Waals surface area contributed by atoms with Crippen molar-refractivity contribution >= 4 is 29.7 Å². The van der Waals surface area contributed by atoms with Gasteiger partial charge in [-0.3, -0.25) is 0 Å². The van der Waals surface area contributed by atoms with Gasteiger partial charge in [-0.1, -0.05) is 95.6 Å². The first-order chi connectivity index (χ1) is 17.5. The minimum absolute atomic E-state index is 0.0738. The van der Waals surface area contributed by atoms with Crippen molar-refractivity contribution in [2.24, 2.45) is 0 Å². The number of allylic oxidation sites excluding steroid dienone is 1. The smallest absolute Gasteiger partial charge is 0.338 e. The maximum Gasteiger partial charge on any atom is 0.338 e. The number of tetrazole rings is 1. The van der Waals surface area contributed by atoms with E-state index in [2.05, 4.69) is 20.8 Å². The predicted molar refractivity (Wildman–Crippen MR) is 139 cm³/mol. The summed E-state index contributed by atoms with van der Waals surface area (Å²) in [6.45, 7) is 3.96. The van der Waals surface area contributed by atoms with Crippen LogP contribution in [0.1, 0.15) is 24.1 Å². The number of hydrogen-bond donors (Lipinski definition) is 1. The van der Waals surface area contributed by atoms with Crippen LogP contribution >= 0.6 is 7.14 Å². The molecule has 0 amide bonds. The standard InChI is InChI=1S/C27H26N5O3P/c1-3-35-26(33)24-23(18-36(34,21-10-6-4-7-11-21)22-12-8-5-9-13-22)28-27-29-30-31-32(27)25(24)20-16-14-19(2)15-17-20/h4-17,25H,3,18H2,1-2H3,(H,28,29,31). The number of carbonyl (C=O) groups is 1. The fourth-order valence-corrected chi connectivity index (χ4v) is 7.12. The Labute approximate surface area is 209 Å². The summed E-state index contributed by atoms with van der Waals surface area (Å²) in [6, 6.07) is 25.9. The summed E-state index contributed by atoms with van der Waals surface area (Å²) in [7, 11) is -3.21. The van der Waals surface area contributed by atoms with Crippen LogP contribution in [0, 0.1) is 6.92 Å². The minimum atomic E-state index is -3.21. The molecule has 0 bridgehead atoms. The van der Waals surface area contributed by atoms with Crippen LogP contribution < -0.4 is 15.9 Å². The zero-order valence-electron chi connectivity index (χ0n) is 20.0. The zero-order valence-corrected chi connectivity index (χ0v) is 20.9. The average Bonchev–Trinajstić information content (AvgIpc) is 3.38. The van der Waals surface area contributed by atoms with Gasteiger partial charge in [0.15, 0.2) is 0 Å². The molecular weight excluding hydrogens is 473 g/mol. The minimum Gasteiger partial charge on any atom is -0.463 e. The van der Waals surface area contributed by atoms with E-state index in [0.29, 0.717) is 27.8 Å². The quantitative estimate of drug-likeness (QED) is 0.305. The van der Waals surface area contributed by atoms with Crippen molar-refractivity contribution in [1.82, 2.24) is 20.2 Å². The van der Waals surface area contributed by atoms with Gasteiger partial charge in [0.1, 0.15) is 13.2 Å². The highest BCUT2D eigenvalue weighted by Gasteiger charge is 2.39. The summed E-state index contributed by atoms with van der Waals surface area (Å²) in [4.78, 5) is 13.5. The second-order valence-electron chi connectivity index (χ2n) is 8.57. The molecule has 182 valence electrons. The second-order valence-corrected chi connectivity index (χ2v) is 11.4. The van der Waals surface area contributed by atoms with Crippen LogP contribution in [0.5, 0.6) is 0 Å². The van der Waals surface area contributed by atoms with Gasteiger partial charge in [0, 0.05) is 22.5 Å². The van der Waals surface area contributed by atoms with E-state index in [1.807, 2.05) is 91.9 Å². The Hall–Kier alpha value is -4.03. The topological polar surface area (TPSA) is 99.0 Å². The molecule has 1 aliphatic rings. The number of aromatic nitrogens is 4. The molecule has 0 aliphatic carbocycles.